The number of carbonyl (C=O) groups is 1. The second-order valence-corrected chi connectivity index (χ2v) is 3.93. The van der Waals surface area contributed by atoms with E-state index in [1.807, 2.05) is 13.0 Å². The summed E-state index contributed by atoms with van der Waals surface area (Å²) >= 11 is 0. The van der Waals surface area contributed by atoms with Gasteiger partial charge >= 0.3 is 0 Å². The van der Waals surface area contributed by atoms with E-state index in [0.717, 1.165) is 12.0 Å². The first-order chi connectivity index (χ1) is 8.58. The molecule has 0 spiro atoms. The number of hydrogen-bond acceptors (Lipinski definition) is 3. The van der Waals surface area contributed by atoms with Gasteiger partial charge in [-0.05, 0) is 48.8 Å². The molecule has 96 valence electrons. The van der Waals surface area contributed by atoms with Crippen LogP contribution in [0.2, 0.25) is 0 Å². The molecule has 0 aliphatic carbocycles. The second kappa shape index (κ2) is 6.64. The predicted molar refractivity (Wildman–Crippen MR) is 72.9 cm³/mol. The molecule has 1 N–H and O–H groups in total. The number of aryl methyl sites for hydroxylation is 1. The van der Waals surface area contributed by atoms with Crippen molar-refractivity contribution in [3.8, 4) is 11.5 Å². The molecular weight excluding hydrogens is 228 g/mol. The number of ketones is 1. The van der Waals surface area contributed by atoms with Gasteiger partial charge in [-0.3, -0.25) is 4.79 Å². The third-order valence-corrected chi connectivity index (χ3v) is 2.47. The Bertz CT molecular complexity index is 485. The van der Waals surface area contributed by atoms with E-state index in [2.05, 4.69) is 0 Å². The highest BCUT2D eigenvalue weighted by molar-refractivity contribution is 6.02. The molecule has 0 aliphatic rings. The van der Waals surface area contributed by atoms with Crippen LogP contribution < -0.4 is 4.74 Å². The first-order valence-corrected chi connectivity index (χ1v) is 5.84. The fourth-order valence-corrected chi connectivity index (χ4v) is 1.49. The van der Waals surface area contributed by atoms with E-state index in [0.29, 0.717) is 11.3 Å². The van der Waals surface area contributed by atoms with Gasteiger partial charge in [-0.15, -0.1) is 0 Å². The maximum atomic E-state index is 11.4. The van der Waals surface area contributed by atoms with E-state index >= 15 is 0 Å². The minimum absolute atomic E-state index is 0.0541. The van der Waals surface area contributed by atoms with E-state index < -0.39 is 0 Å². The summed E-state index contributed by atoms with van der Waals surface area (Å²) in [4.78, 5) is 11.4. The predicted octanol–water partition coefficient (Wildman–Crippen LogP) is 3.26. The summed E-state index contributed by atoms with van der Waals surface area (Å²) in [5.41, 5.74) is 1.53. The van der Waals surface area contributed by atoms with Gasteiger partial charge in [0, 0.05) is 0 Å². The summed E-state index contributed by atoms with van der Waals surface area (Å²) in [6.45, 7) is 3.76. The molecule has 0 unspecified atom stereocenters. The number of benzene rings is 1. The van der Waals surface area contributed by atoms with Gasteiger partial charge in [0.05, 0.1) is 7.11 Å². The first kappa shape index (κ1) is 14.0. The number of phenols is 1. The van der Waals surface area contributed by atoms with E-state index in [1.165, 1.54) is 13.2 Å². The third kappa shape index (κ3) is 3.77. The molecule has 0 radical (unpaired) electrons. The lowest BCUT2D eigenvalue weighted by Crippen LogP contribution is -1.89. The average molecular weight is 246 g/mol. The standard InChI is InChI=1S/C15H18O3/c1-4-5-6-13(16)8-7-12-9-11(2)15(17)14(10-12)18-3/h5-10,17H,4H2,1-3H3/b6-5+,8-7+. The van der Waals surface area contributed by atoms with Crippen LogP contribution in [0, 0.1) is 6.92 Å². The molecule has 0 amide bonds. The van der Waals surface area contributed by atoms with Gasteiger partial charge in [-0.25, -0.2) is 0 Å². The van der Waals surface area contributed by atoms with Gasteiger partial charge in [-0.2, -0.15) is 0 Å². The fraction of sp³-hybridized carbons (Fsp3) is 0.267. The molecule has 0 aromatic heterocycles. The molecule has 0 saturated heterocycles. The molecule has 0 aliphatic heterocycles. The zero-order valence-electron chi connectivity index (χ0n) is 10.9. The summed E-state index contributed by atoms with van der Waals surface area (Å²) in [7, 11) is 1.50. The lowest BCUT2D eigenvalue weighted by Gasteiger charge is -2.07. The highest BCUT2D eigenvalue weighted by Crippen LogP contribution is 2.31. The Morgan fingerprint density at radius 3 is 2.72 bits per heavy atom. The number of ether oxygens (including phenoxy) is 1. The molecule has 0 atom stereocenters. The summed E-state index contributed by atoms with van der Waals surface area (Å²) in [6.07, 6.45) is 7.40. The molecular formula is C15H18O3. The van der Waals surface area contributed by atoms with Crippen LogP contribution in [0.1, 0.15) is 24.5 Å². The number of carbonyl (C=O) groups excluding carboxylic acids is 1. The largest absolute Gasteiger partial charge is 0.504 e. The Morgan fingerprint density at radius 1 is 1.39 bits per heavy atom. The van der Waals surface area contributed by atoms with Crippen molar-refractivity contribution in [1.82, 2.24) is 0 Å². The topological polar surface area (TPSA) is 46.5 Å². The number of phenolic OH excluding ortho intramolecular Hbond substituents is 1. The van der Waals surface area contributed by atoms with Crippen molar-refractivity contribution in [2.45, 2.75) is 20.3 Å². The van der Waals surface area contributed by atoms with E-state index in [4.69, 9.17) is 4.74 Å². The molecule has 3 heteroatoms. The Balaban J connectivity index is 2.91. The zero-order chi connectivity index (χ0) is 13.5. The second-order valence-electron chi connectivity index (χ2n) is 3.93. The number of allylic oxidation sites excluding steroid dienone is 3. The average Bonchev–Trinajstić information content (AvgIpc) is 2.37. The van der Waals surface area contributed by atoms with Crippen LogP contribution in [0.15, 0.2) is 30.4 Å². The van der Waals surface area contributed by atoms with Crippen molar-refractivity contribution in [1.29, 1.82) is 0 Å². The van der Waals surface area contributed by atoms with Crippen LogP contribution in [0.5, 0.6) is 11.5 Å². The summed E-state index contributed by atoms with van der Waals surface area (Å²) in [5, 5.41) is 9.69. The van der Waals surface area contributed by atoms with Crippen molar-refractivity contribution in [2.75, 3.05) is 7.11 Å². The minimum Gasteiger partial charge on any atom is -0.504 e. The number of aromatic hydroxyl groups is 1. The van der Waals surface area contributed by atoms with Crippen LogP contribution >= 0.6 is 0 Å². The molecule has 18 heavy (non-hydrogen) atoms. The van der Waals surface area contributed by atoms with Gasteiger partial charge in [0.25, 0.3) is 0 Å². The van der Waals surface area contributed by atoms with Crippen LogP contribution in [0.25, 0.3) is 6.08 Å². The maximum absolute atomic E-state index is 11.4. The van der Waals surface area contributed by atoms with Gasteiger partial charge in [-0.1, -0.05) is 19.1 Å². The highest BCUT2D eigenvalue weighted by Gasteiger charge is 2.05. The van der Waals surface area contributed by atoms with Crippen molar-refractivity contribution < 1.29 is 14.6 Å². The zero-order valence-corrected chi connectivity index (χ0v) is 10.9. The molecule has 1 aromatic carbocycles. The number of hydrogen-bond donors (Lipinski definition) is 1. The van der Waals surface area contributed by atoms with Gasteiger partial charge in [0.2, 0.25) is 0 Å². The Labute approximate surface area is 107 Å². The molecule has 0 fully saturated rings. The molecule has 1 rings (SSSR count). The van der Waals surface area contributed by atoms with E-state index in [1.54, 1.807) is 31.2 Å². The molecule has 0 heterocycles. The quantitative estimate of drug-likeness (QED) is 0.811. The van der Waals surface area contributed by atoms with Crippen LogP contribution in [-0.2, 0) is 4.79 Å². The summed E-state index contributed by atoms with van der Waals surface area (Å²) in [5.74, 6) is 0.486. The maximum Gasteiger partial charge on any atom is 0.178 e. The Kier molecular flexibility index (Phi) is 5.18. The van der Waals surface area contributed by atoms with Gasteiger partial charge < -0.3 is 9.84 Å². The minimum atomic E-state index is -0.0541. The molecule has 0 bridgehead atoms. The third-order valence-electron chi connectivity index (χ3n) is 2.47. The number of rotatable bonds is 5. The lowest BCUT2D eigenvalue weighted by atomic mass is 10.1. The fourth-order valence-electron chi connectivity index (χ4n) is 1.49. The Morgan fingerprint density at radius 2 is 2.11 bits per heavy atom. The monoisotopic (exact) mass is 246 g/mol. The number of methoxy groups -OCH3 is 1. The van der Waals surface area contributed by atoms with Crippen molar-refractivity contribution in [3.63, 3.8) is 0 Å². The van der Waals surface area contributed by atoms with E-state index in [9.17, 15) is 9.90 Å². The summed E-state index contributed by atoms with van der Waals surface area (Å²) < 4.78 is 5.06. The normalized spacial score (nSPS) is 11.3. The van der Waals surface area contributed by atoms with Crippen molar-refractivity contribution in [2.24, 2.45) is 0 Å². The van der Waals surface area contributed by atoms with Crippen molar-refractivity contribution >= 4 is 11.9 Å². The smallest absolute Gasteiger partial charge is 0.178 e. The van der Waals surface area contributed by atoms with Crippen LogP contribution in [0.3, 0.4) is 0 Å². The molecule has 0 saturated carbocycles. The SMILES string of the molecule is CC/C=C/C(=O)/C=C/c1cc(C)c(O)c(OC)c1. The Hall–Kier alpha value is -2.03. The molecule has 1 aromatic rings. The highest BCUT2D eigenvalue weighted by atomic mass is 16.5. The first-order valence-electron chi connectivity index (χ1n) is 5.84. The van der Waals surface area contributed by atoms with Gasteiger partial charge in [0.1, 0.15) is 0 Å². The van der Waals surface area contributed by atoms with Crippen LogP contribution in [0.4, 0.5) is 0 Å². The van der Waals surface area contributed by atoms with Crippen LogP contribution in [-0.4, -0.2) is 18.0 Å². The van der Waals surface area contributed by atoms with Gasteiger partial charge in [0.15, 0.2) is 17.3 Å². The van der Waals surface area contributed by atoms with E-state index in [-0.39, 0.29) is 11.5 Å². The van der Waals surface area contributed by atoms with Crippen molar-refractivity contribution in [3.05, 3.63) is 41.5 Å². The lowest BCUT2D eigenvalue weighted by molar-refractivity contribution is -0.110. The summed E-state index contributed by atoms with van der Waals surface area (Å²) in [6, 6.07) is 3.49. The molecule has 3 nitrogen and oxygen atoms in total.